The molecule has 4 nitrogen and oxygen atoms in total. The number of likely N-dealkylation sites (N-methyl/N-ethyl adjacent to an activating group) is 1. The van der Waals surface area contributed by atoms with Crippen LogP contribution in [0.1, 0.15) is 18.2 Å². The molecule has 0 saturated carbocycles. The third kappa shape index (κ3) is 1.64. The van der Waals surface area contributed by atoms with Gasteiger partial charge in [-0.2, -0.15) is 0 Å². The van der Waals surface area contributed by atoms with Crippen molar-refractivity contribution in [3.8, 4) is 0 Å². The average Bonchev–Trinajstić information content (AvgIpc) is 2.84. The Morgan fingerprint density at radius 1 is 1.44 bits per heavy atom. The van der Waals surface area contributed by atoms with E-state index in [1.165, 1.54) is 0 Å². The predicted octanol–water partition coefficient (Wildman–Crippen LogP) is 1.91. The summed E-state index contributed by atoms with van der Waals surface area (Å²) in [6.07, 6.45) is 1.16. The summed E-state index contributed by atoms with van der Waals surface area (Å²) in [6, 6.07) is 5.95. The van der Waals surface area contributed by atoms with Crippen LogP contribution in [0.3, 0.4) is 0 Å². The Hall–Kier alpha value is -0.940. The first-order chi connectivity index (χ1) is 7.74. The molecule has 1 aliphatic rings. The molecule has 5 heteroatoms. The topological polar surface area (TPSA) is 33.4 Å². The molecule has 1 saturated heterocycles. The molecule has 84 valence electrons. The van der Waals surface area contributed by atoms with Crippen molar-refractivity contribution in [2.45, 2.75) is 12.3 Å². The van der Waals surface area contributed by atoms with Gasteiger partial charge in [-0.3, -0.25) is 0 Å². The molecule has 0 amide bonds. The zero-order chi connectivity index (χ0) is 11.1. The van der Waals surface area contributed by atoms with Crippen molar-refractivity contribution >= 4 is 21.6 Å². The first kappa shape index (κ1) is 10.2. The van der Waals surface area contributed by atoms with Crippen molar-refractivity contribution in [1.82, 2.24) is 19.5 Å². The average molecular weight is 281 g/mol. The lowest BCUT2D eigenvalue weighted by Gasteiger charge is -2.05. The zero-order valence-corrected chi connectivity index (χ0v) is 10.7. The molecule has 3 rings (SSSR count). The molecular formula is C11H13BrN4. The van der Waals surface area contributed by atoms with Gasteiger partial charge in [0.15, 0.2) is 11.5 Å². The van der Waals surface area contributed by atoms with E-state index in [0.717, 1.165) is 35.6 Å². The lowest BCUT2D eigenvalue weighted by Crippen LogP contribution is -2.13. The number of halogens is 1. The highest BCUT2D eigenvalue weighted by molar-refractivity contribution is 9.10. The minimum atomic E-state index is 0.483. The molecule has 3 heterocycles. The fourth-order valence-electron chi connectivity index (χ4n) is 2.21. The number of nitrogens with zero attached hydrogens (tertiary/aromatic N) is 4. The molecule has 0 aliphatic carbocycles. The molecule has 0 N–H and O–H groups in total. The van der Waals surface area contributed by atoms with Gasteiger partial charge in [0, 0.05) is 12.5 Å². The van der Waals surface area contributed by atoms with Crippen molar-refractivity contribution in [2.24, 2.45) is 0 Å². The van der Waals surface area contributed by atoms with E-state index in [9.17, 15) is 0 Å². The number of aromatic nitrogens is 3. The van der Waals surface area contributed by atoms with Crippen molar-refractivity contribution in [3.05, 3.63) is 28.6 Å². The van der Waals surface area contributed by atoms with Crippen LogP contribution in [0.15, 0.2) is 22.8 Å². The minimum absolute atomic E-state index is 0.483. The van der Waals surface area contributed by atoms with Gasteiger partial charge >= 0.3 is 0 Å². The third-order valence-corrected chi connectivity index (χ3v) is 3.69. The highest BCUT2D eigenvalue weighted by Gasteiger charge is 2.24. The maximum absolute atomic E-state index is 4.59. The Morgan fingerprint density at radius 2 is 2.31 bits per heavy atom. The fraction of sp³-hybridized carbons (Fsp3) is 0.455. The predicted molar refractivity (Wildman–Crippen MR) is 65.5 cm³/mol. The van der Waals surface area contributed by atoms with E-state index in [0.29, 0.717) is 5.92 Å². The van der Waals surface area contributed by atoms with Crippen LogP contribution in [-0.2, 0) is 0 Å². The minimum Gasteiger partial charge on any atom is -0.306 e. The SMILES string of the molecule is CN1CCC(c2nc3cccc(Br)n3n2)C1. The Morgan fingerprint density at radius 3 is 3.00 bits per heavy atom. The Bertz CT molecular complexity index is 522. The Labute approximate surface area is 102 Å². The van der Waals surface area contributed by atoms with E-state index in [4.69, 9.17) is 0 Å². The normalized spacial score (nSPS) is 22.0. The largest absolute Gasteiger partial charge is 0.306 e. The zero-order valence-electron chi connectivity index (χ0n) is 9.10. The van der Waals surface area contributed by atoms with E-state index >= 15 is 0 Å². The molecule has 0 bridgehead atoms. The second kappa shape index (κ2) is 3.82. The standard InChI is InChI=1S/C11H13BrN4/c1-15-6-5-8(7-15)11-13-10-4-2-3-9(12)16(10)14-11/h2-4,8H,5-7H2,1H3. The summed E-state index contributed by atoms with van der Waals surface area (Å²) < 4.78 is 2.81. The number of hydrogen-bond donors (Lipinski definition) is 0. The maximum Gasteiger partial charge on any atom is 0.156 e. The fourth-order valence-corrected chi connectivity index (χ4v) is 2.62. The molecule has 1 unspecified atom stereocenters. The summed E-state index contributed by atoms with van der Waals surface area (Å²) in [4.78, 5) is 6.91. The van der Waals surface area contributed by atoms with E-state index in [1.54, 1.807) is 0 Å². The van der Waals surface area contributed by atoms with Crippen molar-refractivity contribution < 1.29 is 0 Å². The molecule has 0 spiro atoms. The van der Waals surface area contributed by atoms with Gasteiger partial charge in [-0.05, 0) is 48.1 Å². The van der Waals surface area contributed by atoms with Crippen LogP contribution in [0.5, 0.6) is 0 Å². The van der Waals surface area contributed by atoms with Gasteiger partial charge in [-0.25, -0.2) is 9.50 Å². The van der Waals surface area contributed by atoms with Gasteiger partial charge < -0.3 is 4.90 Å². The molecule has 2 aromatic rings. The van der Waals surface area contributed by atoms with Gasteiger partial charge in [0.1, 0.15) is 4.60 Å². The van der Waals surface area contributed by atoms with Crippen LogP contribution in [0.4, 0.5) is 0 Å². The molecule has 0 aromatic carbocycles. The molecule has 2 aromatic heterocycles. The summed E-state index contributed by atoms with van der Waals surface area (Å²) >= 11 is 3.48. The van der Waals surface area contributed by atoms with E-state index in [2.05, 4.69) is 38.0 Å². The second-order valence-corrected chi connectivity index (χ2v) is 5.15. The van der Waals surface area contributed by atoms with Crippen LogP contribution in [0.25, 0.3) is 5.65 Å². The molecule has 1 atom stereocenters. The van der Waals surface area contributed by atoms with Crippen LogP contribution < -0.4 is 0 Å². The highest BCUT2D eigenvalue weighted by Crippen LogP contribution is 2.24. The molecular weight excluding hydrogens is 268 g/mol. The van der Waals surface area contributed by atoms with Crippen LogP contribution in [0.2, 0.25) is 0 Å². The lowest BCUT2D eigenvalue weighted by atomic mass is 10.1. The smallest absolute Gasteiger partial charge is 0.156 e. The summed E-state index contributed by atoms with van der Waals surface area (Å²) in [5, 5.41) is 4.56. The van der Waals surface area contributed by atoms with E-state index < -0.39 is 0 Å². The van der Waals surface area contributed by atoms with Crippen molar-refractivity contribution in [2.75, 3.05) is 20.1 Å². The van der Waals surface area contributed by atoms with Gasteiger partial charge in [-0.1, -0.05) is 6.07 Å². The lowest BCUT2D eigenvalue weighted by molar-refractivity contribution is 0.409. The summed E-state index contributed by atoms with van der Waals surface area (Å²) in [5.74, 6) is 1.45. The number of fused-ring (bicyclic) bond motifs is 1. The number of pyridine rings is 1. The molecule has 0 radical (unpaired) electrons. The van der Waals surface area contributed by atoms with Crippen molar-refractivity contribution in [3.63, 3.8) is 0 Å². The third-order valence-electron chi connectivity index (χ3n) is 3.09. The van der Waals surface area contributed by atoms with E-state index in [-0.39, 0.29) is 0 Å². The van der Waals surface area contributed by atoms with Gasteiger partial charge in [0.25, 0.3) is 0 Å². The number of likely N-dealkylation sites (tertiary alicyclic amines) is 1. The Kier molecular flexibility index (Phi) is 2.44. The Balaban J connectivity index is 2.02. The quantitative estimate of drug-likeness (QED) is 0.749. The molecule has 1 fully saturated rings. The van der Waals surface area contributed by atoms with Crippen LogP contribution in [0, 0.1) is 0 Å². The maximum atomic E-state index is 4.59. The summed E-state index contributed by atoms with van der Waals surface area (Å²) in [7, 11) is 2.14. The summed E-state index contributed by atoms with van der Waals surface area (Å²) in [6.45, 7) is 2.20. The van der Waals surface area contributed by atoms with Gasteiger partial charge in [0.2, 0.25) is 0 Å². The first-order valence-electron chi connectivity index (χ1n) is 5.44. The monoisotopic (exact) mass is 280 g/mol. The molecule has 16 heavy (non-hydrogen) atoms. The van der Waals surface area contributed by atoms with Crippen LogP contribution in [-0.4, -0.2) is 39.6 Å². The van der Waals surface area contributed by atoms with Crippen molar-refractivity contribution in [1.29, 1.82) is 0 Å². The highest BCUT2D eigenvalue weighted by atomic mass is 79.9. The van der Waals surface area contributed by atoms with Crippen LogP contribution >= 0.6 is 15.9 Å². The second-order valence-electron chi connectivity index (χ2n) is 4.34. The number of hydrogen-bond acceptors (Lipinski definition) is 3. The first-order valence-corrected chi connectivity index (χ1v) is 6.23. The van der Waals surface area contributed by atoms with Gasteiger partial charge in [-0.15, -0.1) is 5.10 Å². The molecule has 1 aliphatic heterocycles. The van der Waals surface area contributed by atoms with E-state index in [1.807, 2.05) is 22.7 Å². The number of rotatable bonds is 1. The van der Waals surface area contributed by atoms with Gasteiger partial charge in [0.05, 0.1) is 0 Å². The summed E-state index contributed by atoms with van der Waals surface area (Å²) in [5.41, 5.74) is 0.916.